The second-order valence-electron chi connectivity index (χ2n) is 5.59. The van der Waals surface area contributed by atoms with Crippen LogP contribution in [0.4, 0.5) is 4.79 Å². The molecular formula is C14H19BrN2O3. The molecule has 0 heterocycles. The molecule has 3 N–H and O–H groups in total. The summed E-state index contributed by atoms with van der Waals surface area (Å²) in [7, 11) is 0. The topological polar surface area (TPSA) is 78.4 Å². The Morgan fingerprint density at radius 1 is 1.35 bits per heavy atom. The van der Waals surface area contributed by atoms with Crippen LogP contribution in [0, 0.1) is 5.41 Å². The van der Waals surface area contributed by atoms with Gasteiger partial charge in [-0.1, -0.05) is 48.8 Å². The monoisotopic (exact) mass is 342 g/mol. The van der Waals surface area contributed by atoms with Crippen LogP contribution in [0.5, 0.6) is 0 Å². The van der Waals surface area contributed by atoms with Gasteiger partial charge in [0, 0.05) is 11.0 Å². The van der Waals surface area contributed by atoms with Crippen molar-refractivity contribution in [1.82, 2.24) is 10.6 Å². The Morgan fingerprint density at radius 3 is 2.50 bits per heavy atom. The summed E-state index contributed by atoms with van der Waals surface area (Å²) < 4.78 is 0.926. The van der Waals surface area contributed by atoms with E-state index < -0.39 is 23.5 Å². The number of rotatable bonds is 4. The van der Waals surface area contributed by atoms with Crippen LogP contribution in [0.25, 0.3) is 0 Å². The first-order chi connectivity index (χ1) is 9.20. The lowest BCUT2D eigenvalue weighted by Crippen LogP contribution is -2.52. The minimum Gasteiger partial charge on any atom is -0.480 e. The number of hydrogen-bond donors (Lipinski definition) is 3. The largest absolute Gasteiger partial charge is 0.480 e. The van der Waals surface area contributed by atoms with E-state index in [9.17, 15) is 9.59 Å². The molecule has 0 aliphatic carbocycles. The summed E-state index contributed by atoms with van der Waals surface area (Å²) in [4.78, 5) is 22.9. The fourth-order valence-corrected chi connectivity index (χ4v) is 2.11. The maximum atomic E-state index is 11.8. The van der Waals surface area contributed by atoms with Crippen LogP contribution in [-0.4, -0.2) is 23.1 Å². The number of nitrogens with one attached hydrogen (secondary N) is 2. The first kappa shape index (κ1) is 16.5. The van der Waals surface area contributed by atoms with Gasteiger partial charge in [0.05, 0.1) is 0 Å². The normalized spacial score (nSPS) is 12.6. The van der Waals surface area contributed by atoms with Crippen LogP contribution in [0.3, 0.4) is 0 Å². The molecule has 1 aromatic carbocycles. The molecule has 0 saturated heterocycles. The van der Waals surface area contributed by atoms with Crippen molar-refractivity contribution in [1.29, 1.82) is 0 Å². The number of carbonyl (C=O) groups is 2. The molecule has 6 heteroatoms. The number of hydrogen-bond acceptors (Lipinski definition) is 2. The second-order valence-corrected chi connectivity index (χ2v) is 6.51. The quantitative estimate of drug-likeness (QED) is 0.787. The third-order valence-corrected chi connectivity index (χ3v) is 3.22. The summed E-state index contributed by atoms with van der Waals surface area (Å²) in [5.41, 5.74) is 0.371. The second kappa shape index (κ2) is 6.74. The van der Waals surface area contributed by atoms with Crippen LogP contribution in [-0.2, 0) is 11.3 Å². The highest BCUT2D eigenvalue weighted by molar-refractivity contribution is 9.10. The van der Waals surface area contributed by atoms with Crippen molar-refractivity contribution < 1.29 is 14.7 Å². The van der Waals surface area contributed by atoms with Gasteiger partial charge in [0.15, 0.2) is 0 Å². The van der Waals surface area contributed by atoms with Crippen LogP contribution in [0.2, 0.25) is 0 Å². The lowest BCUT2D eigenvalue weighted by Gasteiger charge is -2.27. The van der Waals surface area contributed by atoms with E-state index in [-0.39, 0.29) is 0 Å². The highest BCUT2D eigenvalue weighted by atomic mass is 79.9. The number of urea groups is 1. The van der Waals surface area contributed by atoms with Gasteiger partial charge >= 0.3 is 12.0 Å². The average molecular weight is 343 g/mol. The molecule has 0 spiro atoms. The molecule has 1 aromatic rings. The van der Waals surface area contributed by atoms with Crippen molar-refractivity contribution in [2.75, 3.05) is 0 Å². The number of amides is 2. The van der Waals surface area contributed by atoms with E-state index in [1.165, 1.54) is 0 Å². The number of aliphatic carboxylic acids is 1. The van der Waals surface area contributed by atoms with Gasteiger partial charge in [-0.2, -0.15) is 0 Å². The number of carboxylic acid groups (broad SMARTS) is 1. The third-order valence-electron chi connectivity index (χ3n) is 2.73. The number of halogens is 1. The van der Waals surface area contributed by atoms with Crippen LogP contribution in [0.1, 0.15) is 26.3 Å². The first-order valence-corrected chi connectivity index (χ1v) is 7.01. The molecule has 5 nitrogen and oxygen atoms in total. The molecule has 20 heavy (non-hydrogen) atoms. The molecule has 2 amide bonds. The molecule has 0 radical (unpaired) electrons. The molecule has 0 aromatic heterocycles. The summed E-state index contributed by atoms with van der Waals surface area (Å²) in [5, 5.41) is 14.3. The van der Waals surface area contributed by atoms with Crippen LogP contribution >= 0.6 is 15.9 Å². The number of carbonyl (C=O) groups excluding carboxylic acids is 1. The van der Waals surface area contributed by atoms with Gasteiger partial charge in [-0.05, 0) is 23.1 Å². The Labute approximate surface area is 126 Å². The Bertz CT molecular complexity index is 497. The van der Waals surface area contributed by atoms with E-state index in [0.29, 0.717) is 6.54 Å². The van der Waals surface area contributed by atoms with E-state index in [2.05, 4.69) is 26.6 Å². The number of carboxylic acids is 1. The van der Waals surface area contributed by atoms with Crippen molar-refractivity contribution >= 4 is 27.9 Å². The minimum atomic E-state index is -1.05. The smallest absolute Gasteiger partial charge is 0.326 e. The fourth-order valence-electron chi connectivity index (χ4n) is 1.66. The fraction of sp³-hybridized carbons (Fsp3) is 0.429. The Balaban J connectivity index is 2.57. The van der Waals surface area contributed by atoms with Gasteiger partial charge in [0.25, 0.3) is 0 Å². The maximum Gasteiger partial charge on any atom is 0.326 e. The van der Waals surface area contributed by atoms with Gasteiger partial charge in [-0.25, -0.2) is 9.59 Å². The summed E-state index contributed by atoms with van der Waals surface area (Å²) in [6.45, 7) is 5.63. The number of benzene rings is 1. The zero-order valence-electron chi connectivity index (χ0n) is 11.7. The molecule has 0 aliphatic heterocycles. The van der Waals surface area contributed by atoms with E-state index in [4.69, 9.17) is 5.11 Å². The third kappa shape index (κ3) is 5.21. The Kier molecular flexibility index (Phi) is 5.56. The van der Waals surface area contributed by atoms with Crippen LogP contribution in [0.15, 0.2) is 28.7 Å². The summed E-state index contributed by atoms with van der Waals surface area (Å²) in [6.07, 6.45) is 0. The van der Waals surface area contributed by atoms with E-state index in [0.717, 1.165) is 10.0 Å². The molecular weight excluding hydrogens is 324 g/mol. The first-order valence-electron chi connectivity index (χ1n) is 6.22. The standard InChI is InChI=1S/C14H19BrN2O3/c1-14(2,3)11(12(18)19)17-13(20)16-8-9-5-4-6-10(15)7-9/h4-7,11H,8H2,1-3H3,(H,18,19)(H2,16,17,20)/t11-/m0/s1. The minimum absolute atomic E-state index is 0.335. The van der Waals surface area contributed by atoms with Gasteiger partial charge in [0.1, 0.15) is 6.04 Å². The Morgan fingerprint density at radius 2 is 2.00 bits per heavy atom. The molecule has 0 saturated carbocycles. The van der Waals surface area contributed by atoms with Crippen molar-refractivity contribution in [2.45, 2.75) is 33.4 Å². The Hall–Kier alpha value is -1.56. The molecule has 1 atom stereocenters. The summed E-state index contributed by atoms with van der Waals surface area (Å²) in [5.74, 6) is -1.05. The van der Waals surface area contributed by atoms with Gasteiger partial charge in [-0.15, -0.1) is 0 Å². The molecule has 1 rings (SSSR count). The molecule has 0 aliphatic rings. The zero-order chi connectivity index (χ0) is 15.3. The van der Waals surface area contributed by atoms with Gasteiger partial charge < -0.3 is 15.7 Å². The molecule has 110 valence electrons. The summed E-state index contributed by atoms with van der Waals surface area (Å²) in [6, 6.07) is 6.09. The lowest BCUT2D eigenvalue weighted by atomic mass is 9.87. The van der Waals surface area contributed by atoms with Gasteiger partial charge in [-0.3, -0.25) is 0 Å². The molecule has 0 fully saturated rings. The van der Waals surface area contributed by atoms with Crippen molar-refractivity contribution in [3.05, 3.63) is 34.3 Å². The zero-order valence-corrected chi connectivity index (χ0v) is 13.3. The summed E-state index contributed by atoms with van der Waals surface area (Å²) >= 11 is 3.35. The lowest BCUT2D eigenvalue weighted by molar-refractivity contribution is -0.141. The highest BCUT2D eigenvalue weighted by Crippen LogP contribution is 2.19. The van der Waals surface area contributed by atoms with Crippen molar-refractivity contribution in [2.24, 2.45) is 5.41 Å². The molecule has 0 bridgehead atoms. The van der Waals surface area contributed by atoms with E-state index in [1.54, 1.807) is 20.8 Å². The van der Waals surface area contributed by atoms with Crippen LogP contribution < -0.4 is 10.6 Å². The average Bonchev–Trinajstić information content (AvgIpc) is 2.31. The van der Waals surface area contributed by atoms with Crippen molar-refractivity contribution in [3.63, 3.8) is 0 Å². The predicted octanol–water partition coefficient (Wildman–Crippen LogP) is 2.75. The van der Waals surface area contributed by atoms with Gasteiger partial charge in [0.2, 0.25) is 0 Å². The predicted molar refractivity (Wildman–Crippen MR) is 80.4 cm³/mol. The maximum absolute atomic E-state index is 11.8. The highest BCUT2D eigenvalue weighted by Gasteiger charge is 2.32. The molecule has 0 unspecified atom stereocenters. The van der Waals surface area contributed by atoms with E-state index in [1.807, 2.05) is 24.3 Å². The van der Waals surface area contributed by atoms with Crippen molar-refractivity contribution in [3.8, 4) is 0 Å². The SMILES string of the molecule is CC(C)(C)[C@@H](NC(=O)NCc1cccc(Br)c1)C(=O)O. The van der Waals surface area contributed by atoms with E-state index >= 15 is 0 Å².